The normalized spacial score (nSPS) is 15.0. The Morgan fingerprint density at radius 1 is 0.944 bits per heavy atom. The molecular formula is C24H36N4O7S. The first kappa shape index (κ1) is 30.9. The van der Waals surface area contributed by atoms with Gasteiger partial charge in [-0.2, -0.15) is 11.8 Å². The van der Waals surface area contributed by atoms with Crippen molar-refractivity contribution in [2.45, 2.75) is 63.7 Å². The molecule has 0 aromatic heterocycles. The molecule has 0 aliphatic rings. The Bertz CT molecular complexity index is 900. The molecule has 7 N–H and O–H groups in total. The molecule has 1 aromatic carbocycles. The van der Waals surface area contributed by atoms with E-state index in [-0.39, 0.29) is 12.8 Å². The fourth-order valence-corrected chi connectivity index (χ4v) is 3.81. The van der Waals surface area contributed by atoms with Crippen molar-refractivity contribution < 1.29 is 34.2 Å². The van der Waals surface area contributed by atoms with E-state index in [1.807, 2.05) is 36.6 Å². The first-order valence-corrected chi connectivity index (χ1v) is 13.0. The number of amides is 3. The lowest BCUT2D eigenvalue weighted by molar-refractivity contribution is -0.144. The molecule has 5 atom stereocenters. The maximum atomic E-state index is 13.0. The minimum atomic E-state index is -1.53. The molecule has 1 aromatic rings. The van der Waals surface area contributed by atoms with Gasteiger partial charge < -0.3 is 31.9 Å². The summed E-state index contributed by atoms with van der Waals surface area (Å²) in [7, 11) is 0. The van der Waals surface area contributed by atoms with E-state index in [0.717, 1.165) is 5.56 Å². The maximum Gasteiger partial charge on any atom is 0.326 e. The number of carbonyl (C=O) groups excluding carboxylic acids is 3. The Hall–Kier alpha value is -3.12. The van der Waals surface area contributed by atoms with Gasteiger partial charge in [0.25, 0.3) is 0 Å². The van der Waals surface area contributed by atoms with Crippen LogP contribution in [0.2, 0.25) is 0 Å². The van der Waals surface area contributed by atoms with Crippen molar-refractivity contribution in [3.63, 3.8) is 0 Å². The van der Waals surface area contributed by atoms with Gasteiger partial charge in [0.2, 0.25) is 17.7 Å². The monoisotopic (exact) mass is 524 g/mol. The molecule has 36 heavy (non-hydrogen) atoms. The molecule has 5 unspecified atom stereocenters. The molecule has 3 amide bonds. The van der Waals surface area contributed by atoms with E-state index in [4.69, 9.17) is 5.73 Å². The van der Waals surface area contributed by atoms with Gasteiger partial charge in [0.15, 0.2) is 0 Å². The number of benzene rings is 1. The van der Waals surface area contributed by atoms with Gasteiger partial charge in [-0.25, -0.2) is 4.79 Å². The number of carbonyl (C=O) groups is 5. The van der Waals surface area contributed by atoms with Crippen molar-refractivity contribution in [1.29, 1.82) is 0 Å². The van der Waals surface area contributed by atoms with Gasteiger partial charge in [0.05, 0.1) is 12.5 Å². The summed E-state index contributed by atoms with van der Waals surface area (Å²) in [4.78, 5) is 61.4. The number of rotatable bonds is 16. The fourth-order valence-electron chi connectivity index (χ4n) is 3.34. The van der Waals surface area contributed by atoms with Crippen LogP contribution >= 0.6 is 11.8 Å². The Morgan fingerprint density at radius 2 is 1.53 bits per heavy atom. The standard InChI is InChI=1S/C24H36N4O7S/c1-4-14(2)20(24(34)35)28-23(33)18(13-19(29)30)27-22(32)17(10-11-36-3)26-21(31)16(25)12-15-8-6-5-7-9-15/h5-9,14,16-18,20H,4,10-13,25H2,1-3H3,(H,26,31)(H,27,32)(H,28,33)(H,29,30)(H,34,35). The van der Waals surface area contributed by atoms with E-state index in [2.05, 4.69) is 16.0 Å². The van der Waals surface area contributed by atoms with Gasteiger partial charge in [-0.15, -0.1) is 0 Å². The quantitative estimate of drug-likeness (QED) is 0.177. The van der Waals surface area contributed by atoms with Crippen molar-refractivity contribution in [3.05, 3.63) is 35.9 Å². The summed E-state index contributed by atoms with van der Waals surface area (Å²) < 4.78 is 0. The molecule has 0 fully saturated rings. The molecule has 0 radical (unpaired) electrons. The molecule has 0 heterocycles. The molecule has 0 spiro atoms. The predicted octanol–water partition coefficient (Wildman–Crippen LogP) is 0.369. The summed E-state index contributed by atoms with van der Waals surface area (Å²) in [5.41, 5.74) is 6.87. The molecule has 1 rings (SSSR count). The van der Waals surface area contributed by atoms with Crippen LogP contribution in [-0.4, -0.2) is 76.0 Å². The van der Waals surface area contributed by atoms with E-state index in [1.54, 1.807) is 13.8 Å². The Balaban J connectivity index is 2.96. The van der Waals surface area contributed by atoms with Crippen LogP contribution in [0.3, 0.4) is 0 Å². The van der Waals surface area contributed by atoms with Gasteiger partial charge in [0.1, 0.15) is 18.1 Å². The summed E-state index contributed by atoms with van der Waals surface area (Å²) in [5, 5.41) is 26.0. The molecule has 11 nitrogen and oxygen atoms in total. The minimum Gasteiger partial charge on any atom is -0.481 e. The zero-order chi connectivity index (χ0) is 27.3. The lowest BCUT2D eigenvalue weighted by Gasteiger charge is -2.26. The average Bonchev–Trinajstić information content (AvgIpc) is 2.83. The molecule has 0 saturated heterocycles. The van der Waals surface area contributed by atoms with Crippen LogP contribution in [0, 0.1) is 5.92 Å². The zero-order valence-corrected chi connectivity index (χ0v) is 21.5. The van der Waals surface area contributed by atoms with Crippen LogP contribution in [0.25, 0.3) is 0 Å². The van der Waals surface area contributed by atoms with E-state index >= 15 is 0 Å². The highest BCUT2D eigenvalue weighted by molar-refractivity contribution is 7.98. The number of hydrogen-bond donors (Lipinski definition) is 6. The van der Waals surface area contributed by atoms with Gasteiger partial charge in [-0.1, -0.05) is 50.6 Å². The summed E-state index contributed by atoms with van der Waals surface area (Å²) in [6.45, 7) is 3.39. The topological polar surface area (TPSA) is 188 Å². The highest BCUT2D eigenvalue weighted by Gasteiger charge is 2.33. The molecule has 0 aliphatic heterocycles. The molecule has 0 aliphatic carbocycles. The third-order valence-corrected chi connectivity index (χ3v) is 6.31. The number of thioether (sulfide) groups is 1. The highest BCUT2D eigenvalue weighted by atomic mass is 32.2. The fraction of sp³-hybridized carbons (Fsp3) is 0.542. The Morgan fingerprint density at radius 3 is 2.06 bits per heavy atom. The first-order chi connectivity index (χ1) is 17.0. The largest absolute Gasteiger partial charge is 0.481 e. The average molecular weight is 525 g/mol. The van der Waals surface area contributed by atoms with Crippen molar-refractivity contribution in [2.24, 2.45) is 11.7 Å². The van der Waals surface area contributed by atoms with E-state index < -0.39 is 66.2 Å². The number of carboxylic acids is 2. The van der Waals surface area contributed by atoms with Crippen LogP contribution in [0.15, 0.2) is 30.3 Å². The van der Waals surface area contributed by atoms with E-state index in [1.165, 1.54) is 11.8 Å². The van der Waals surface area contributed by atoms with Crippen molar-refractivity contribution in [2.75, 3.05) is 12.0 Å². The van der Waals surface area contributed by atoms with Crippen LogP contribution in [0.5, 0.6) is 0 Å². The SMILES string of the molecule is CCC(C)C(NC(=O)C(CC(=O)O)NC(=O)C(CCSC)NC(=O)C(N)Cc1ccccc1)C(=O)O. The highest BCUT2D eigenvalue weighted by Crippen LogP contribution is 2.10. The summed E-state index contributed by atoms with van der Waals surface area (Å²) in [5.74, 6) is -4.82. The lowest BCUT2D eigenvalue weighted by atomic mass is 9.98. The summed E-state index contributed by atoms with van der Waals surface area (Å²) in [6, 6.07) is 4.34. The van der Waals surface area contributed by atoms with Gasteiger partial charge >= 0.3 is 11.9 Å². The second-order valence-electron chi connectivity index (χ2n) is 8.51. The van der Waals surface area contributed by atoms with Crippen LogP contribution in [-0.2, 0) is 30.4 Å². The number of carboxylic acid groups (broad SMARTS) is 2. The van der Waals surface area contributed by atoms with Crippen LogP contribution in [0.4, 0.5) is 0 Å². The maximum absolute atomic E-state index is 13.0. The molecule has 0 saturated carbocycles. The second-order valence-corrected chi connectivity index (χ2v) is 9.49. The lowest BCUT2D eigenvalue weighted by Crippen LogP contribution is -2.58. The Labute approximate surface area is 215 Å². The summed E-state index contributed by atoms with van der Waals surface area (Å²) in [6.07, 6.45) is 1.97. The van der Waals surface area contributed by atoms with Gasteiger partial charge in [-0.3, -0.25) is 19.2 Å². The second kappa shape index (κ2) is 15.8. The minimum absolute atomic E-state index is 0.211. The zero-order valence-electron chi connectivity index (χ0n) is 20.7. The van der Waals surface area contributed by atoms with Crippen molar-refractivity contribution in [3.8, 4) is 0 Å². The molecule has 0 bridgehead atoms. The molecular weight excluding hydrogens is 488 g/mol. The third kappa shape index (κ3) is 10.6. The molecule has 12 heteroatoms. The molecule has 200 valence electrons. The first-order valence-electron chi connectivity index (χ1n) is 11.6. The van der Waals surface area contributed by atoms with Crippen LogP contribution in [0.1, 0.15) is 38.7 Å². The van der Waals surface area contributed by atoms with E-state index in [0.29, 0.717) is 12.2 Å². The predicted molar refractivity (Wildman–Crippen MR) is 136 cm³/mol. The Kier molecular flexibility index (Phi) is 13.6. The van der Waals surface area contributed by atoms with Crippen LogP contribution < -0.4 is 21.7 Å². The number of aliphatic carboxylic acids is 2. The summed E-state index contributed by atoms with van der Waals surface area (Å²) >= 11 is 1.44. The van der Waals surface area contributed by atoms with E-state index in [9.17, 15) is 34.2 Å². The van der Waals surface area contributed by atoms with Gasteiger partial charge in [-0.05, 0) is 36.3 Å². The number of nitrogens with two attached hydrogens (primary N) is 1. The number of nitrogens with one attached hydrogen (secondary N) is 3. The van der Waals surface area contributed by atoms with Gasteiger partial charge in [0, 0.05) is 0 Å². The smallest absolute Gasteiger partial charge is 0.326 e. The number of hydrogen-bond acceptors (Lipinski definition) is 7. The third-order valence-electron chi connectivity index (χ3n) is 5.67. The van der Waals surface area contributed by atoms with Crippen molar-refractivity contribution >= 4 is 41.4 Å². The van der Waals surface area contributed by atoms with Crippen molar-refractivity contribution in [1.82, 2.24) is 16.0 Å².